The summed E-state index contributed by atoms with van der Waals surface area (Å²) in [5.41, 5.74) is -0.0712. The number of carboxylic acids is 1. The number of ether oxygens (including phenoxy) is 1. The Morgan fingerprint density at radius 2 is 1.67 bits per heavy atom. The number of amides is 4. The molecule has 0 unspecified atom stereocenters. The van der Waals surface area contributed by atoms with E-state index in [1.165, 1.54) is 11.8 Å². The molecule has 0 aliphatic carbocycles. The van der Waals surface area contributed by atoms with Crippen molar-refractivity contribution < 1.29 is 38.9 Å². The van der Waals surface area contributed by atoms with Crippen LogP contribution in [0.5, 0.6) is 0 Å². The predicted molar refractivity (Wildman–Crippen MR) is 180 cm³/mol. The van der Waals surface area contributed by atoms with Crippen LogP contribution in [0.3, 0.4) is 0 Å². The van der Waals surface area contributed by atoms with Crippen LogP contribution < -0.4 is 10.6 Å². The Bertz CT molecular complexity index is 1430. The molecule has 12 nitrogen and oxygen atoms in total. The van der Waals surface area contributed by atoms with Gasteiger partial charge in [0.1, 0.15) is 17.7 Å². The van der Waals surface area contributed by atoms with Gasteiger partial charge in [-0.3, -0.25) is 19.2 Å². The number of hydrogen-bond donors (Lipinski definition) is 4. The van der Waals surface area contributed by atoms with Gasteiger partial charge in [0.15, 0.2) is 0 Å². The molecule has 0 aromatic heterocycles. The van der Waals surface area contributed by atoms with Crippen molar-refractivity contribution in [2.75, 3.05) is 26.7 Å². The number of hydrogen-bond acceptors (Lipinski definition) is 7. The average Bonchev–Trinajstić information content (AvgIpc) is 3.02. The third-order valence-corrected chi connectivity index (χ3v) is 8.63. The summed E-state index contributed by atoms with van der Waals surface area (Å²) in [5.74, 6) is -3.52. The number of nitrogens with zero attached hydrogens (tertiary/aromatic N) is 2. The van der Waals surface area contributed by atoms with Gasteiger partial charge in [0.25, 0.3) is 0 Å². The molecule has 1 fully saturated rings. The summed E-state index contributed by atoms with van der Waals surface area (Å²) in [6.07, 6.45) is 0.423. The number of alkyl carbamates (subject to hydrolysis) is 1. The lowest BCUT2D eigenvalue weighted by Gasteiger charge is -2.49. The zero-order chi connectivity index (χ0) is 35.6. The van der Waals surface area contributed by atoms with Crippen molar-refractivity contribution in [2.24, 2.45) is 5.92 Å². The molecule has 3 rings (SSSR count). The molecule has 48 heavy (non-hydrogen) atoms. The van der Waals surface area contributed by atoms with Crippen LogP contribution in [0.1, 0.15) is 58.1 Å². The van der Waals surface area contributed by atoms with E-state index in [9.17, 15) is 34.2 Å². The van der Waals surface area contributed by atoms with Crippen LogP contribution in [-0.4, -0.2) is 99.8 Å². The number of likely N-dealkylation sites (N-methyl/N-ethyl adjacent to an activating group) is 1. The Kier molecular flexibility index (Phi) is 13.4. The Labute approximate surface area is 286 Å². The first kappa shape index (κ1) is 38.3. The highest BCUT2D eigenvalue weighted by Gasteiger charge is 2.45. The molecule has 2 aromatic rings. The van der Waals surface area contributed by atoms with Gasteiger partial charge < -0.3 is 35.4 Å². The van der Waals surface area contributed by atoms with Crippen LogP contribution in [0.4, 0.5) is 4.79 Å². The molecule has 0 radical (unpaired) electrons. The minimum absolute atomic E-state index is 0.101. The van der Waals surface area contributed by atoms with Crippen molar-refractivity contribution in [1.29, 1.82) is 0 Å². The minimum Gasteiger partial charge on any atom is -0.481 e. The molecule has 13 heteroatoms. The molecule has 0 spiro atoms. The van der Waals surface area contributed by atoms with Gasteiger partial charge in [-0.2, -0.15) is 0 Å². The van der Waals surface area contributed by atoms with E-state index in [1.54, 1.807) is 44.9 Å². The van der Waals surface area contributed by atoms with E-state index < -0.39 is 59.6 Å². The van der Waals surface area contributed by atoms with E-state index in [2.05, 4.69) is 10.6 Å². The van der Waals surface area contributed by atoms with Gasteiger partial charge in [-0.25, -0.2) is 4.79 Å². The second kappa shape index (κ2) is 16.8. The first-order chi connectivity index (χ1) is 22.5. The number of carbonyl (C=O) groups excluding carboxylic acids is 4. The monoisotopic (exact) mass is 686 g/mol. The first-order valence-corrected chi connectivity index (χ1v) is 16.4. The van der Waals surface area contributed by atoms with Gasteiger partial charge in [-0.05, 0) is 76.6 Å². The molecule has 1 aliphatic heterocycles. The third kappa shape index (κ3) is 10.9. The van der Waals surface area contributed by atoms with Gasteiger partial charge in [-0.1, -0.05) is 54.1 Å². The topological polar surface area (TPSA) is 166 Å². The van der Waals surface area contributed by atoms with E-state index in [0.717, 1.165) is 11.1 Å². The molecular formula is C35H47ClN4O8. The number of carbonyl (C=O) groups is 5. The first-order valence-electron chi connectivity index (χ1n) is 16.0. The second-order valence-electron chi connectivity index (χ2n) is 13.4. The lowest BCUT2D eigenvalue weighted by Crippen LogP contribution is -2.65. The summed E-state index contributed by atoms with van der Waals surface area (Å²) in [6, 6.07) is 13.9. The van der Waals surface area contributed by atoms with Crippen molar-refractivity contribution in [1.82, 2.24) is 20.4 Å². The van der Waals surface area contributed by atoms with Crippen LogP contribution in [0.15, 0.2) is 54.6 Å². The number of likely N-dealkylation sites (tertiary alicyclic amines) is 1. The number of benzene rings is 2. The second-order valence-corrected chi connectivity index (χ2v) is 13.8. The number of carboxylic acid groups (broad SMARTS) is 1. The molecule has 4 N–H and O–H groups in total. The van der Waals surface area contributed by atoms with Gasteiger partial charge in [0.2, 0.25) is 17.7 Å². The van der Waals surface area contributed by atoms with Crippen molar-refractivity contribution in [2.45, 2.75) is 83.0 Å². The number of aliphatic hydroxyl groups excluding tert-OH is 1. The van der Waals surface area contributed by atoms with Crippen LogP contribution in [0, 0.1) is 5.92 Å². The lowest BCUT2D eigenvalue weighted by atomic mass is 9.80. The molecule has 0 bridgehead atoms. The summed E-state index contributed by atoms with van der Waals surface area (Å²) in [6.45, 7) is 6.24. The predicted octanol–water partition coefficient (Wildman–Crippen LogP) is 3.43. The molecule has 4 atom stereocenters. The molecule has 1 heterocycles. The zero-order valence-corrected chi connectivity index (χ0v) is 29.0. The van der Waals surface area contributed by atoms with Crippen molar-refractivity contribution in [3.8, 4) is 0 Å². The number of piperidine rings is 1. The molecule has 0 saturated carbocycles. The van der Waals surface area contributed by atoms with Crippen molar-refractivity contribution >= 4 is 41.4 Å². The highest BCUT2D eigenvalue weighted by molar-refractivity contribution is 6.30. The summed E-state index contributed by atoms with van der Waals surface area (Å²) in [7, 11) is 1.57. The summed E-state index contributed by atoms with van der Waals surface area (Å²) < 4.78 is 5.20. The molecule has 2 aromatic carbocycles. The number of halogens is 1. The van der Waals surface area contributed by atoms with Gasteiger partial charge >= 0.3 is 12.1 Å². The molecular weight excluding hydrogens is 640 g/mol. The quantitative estimate of drug-likeness (QED) is 0.249. The lowest BCUT2D eigenvalue weighted by molar-refractivity contribution is -0.151. The number of aliphatic carboxylic acids is 1. The van der Waals surface area contributed by atoms with E-state index in [4.69, 9.17) is 16.3 Å². The largest absolute Gasteiger partial charge is 0.481 e. The number of rotatable bonds is 13. The highest BCUT2D eigenvalue weighted by atomic mass is 35.5. The maximum atomic E-state index is 14.0. The fourth-order valence-corrected chi connectivity index (χ4v) is 6.06. The zero-order valence-electron chi connectivity index (χ0n) is 28.2. The summed E-state index contributed by atoms with van der Waals surface area (Å²) in [4.78, 5) is 68.1. The molecule has 1 aliphatic rings. The van der Waals surface area contributed by atoms with Crippen molar-refractivity contribution in [3.05, 3.63) is 70.7 Å². The molecule has 4 amide bonds. The normalized spacial score (nSPS) is 18.2. The van der Waals surface area contributed by atoms with Crippen molar-refractivity contribution in [3.63, 3.8) is 0 Å². The Balaban J connectivity index is 1.87. The highest BCUT2D eigenvalue weighted by Crippen LogP contribution is 2.33. The Morgan fingerprint density at radius 1 is 1.02 bits per heavy atom. The SMILES string of the molecule is C[C@H](NC(=O)OC(C)(C)C)C(=O)N[C@@H](CO)C(=O)N(C)[C@@]1(Cc2ccc(Cl)cc2)CCCN(C(=O)[C@@H](CC(=O)O)Cc2ccccc2)C1. The fourth-order valence-electron chi connectivity index (χ4n) is 5.93. The summed E-state index contributed by atoms with van der Waals surface area (Å²) >= 11 is 6.14. The Hall–Kier alpha value is -4.16. The van der Waals surface area contributed by atoms with E-state index in [0.29, 0.717) is 30.8 Å². The van der Waals surface area contributed by atoms with Crippen LogP contribution in [-0.2, 0) is 36.8 Å². The average molecular weight is 687 g/mol. The van der Waals surface area contributed by atoms with E-state index in [-0.39, 0.29) is 25.3 Å². The minimum atomic E-state index is -1.35. The number of aliphatic hydroxyl groups is 1. The van der Waals surface area contributed by atoms with E-state index in [1.807, 2.05) is 42.5 Å². The standard InChI is InChI=1S/C35H47ClN4O8/c1-23(37-33(47)48-34(2,3)4)30(44)38-28(21-41)32(46)39(5)35(20-25-12-14-27(36)15-13-25)16-9-17-40(22-35)31(45)26(19-29(42)43)18-24-10-7-6-8-11-24/h6-8,10-15,23,26,28,41H,9,16-22H2,1-5H3,(H,37,47)(H,38,44)(H,42,43)/t23-,26+,28-,35+/m0/s1. The Morgan fingerprint density at radius 3 is 2.25 bits per heavy atom. The number of nitrogens with one attached hydrogen (secondary N) is 2. The van der Waals surface area contributed by atoms with E-state index >= 15 is 0 Å². The fraction of sp³-hybridized carbons (Fsp3) is 0.514. The smallest absolute Gasteiger partial charge is 0.408 e. The van der Waals surface area contributed by atoms with Crippen LogP contribution >= 0.6 is 11.6 Å². The maximum Gasteiger partial charge on any atom is 0.408 e. The molecule has 262 valence electrons. The van der Waals surface area contributed by atoms with Crippen LogP contribution in [0.25, 0.3) is 0 Å². The third-order valence-electron chi connectivity index (χ3n) is 8.37. The van der Waals surface area contributed by atoms with Gasteiger partial charge in [0.05, 0.1) is 24.5 Å². The van der Waals surface area contributed by atoms with Crippen LogP contribution in [0.2, 0.25) is 5.02 Å². The molecule has 1 saturated heterocycles. The summed E-state index contributed by atoms with van der Waals surface area (Å²) in [5, 5.41) is 25.4. The van der Waals surface area contributed by atoms with Gasteiger partial charge in [-0.15, -0.1) is 0 Å². The maximum absolute atomic E-state index is 14.0. The van der Waals surface area contributed by atoms with Gasteiger partial charge in [0, 0.05) is 25.2 Å².